The van der Waals surface area contributed by atoms with E-state index in [9.17, 15) is 14.0 Å². The number of carbonyl (C=O) groups is 2. The molecule has 5 nitrogen and oxygen atoms in total. The molecule has 2 fully saturated rings. The molecule has 0 atom stereocenters. The summed E-state index contributed by atoms with van der Waals surface area (Å²) in [7, 11) is 0. The average Bonchev–Trinajstić information content (AvgIpc) is 2.97. The summed E-state index contributed by atoms with van der Waals surface area (Å²) in [5.74, 6) is -1.11. The van der Waals surface area contributed by atoms with Gasteiger partial charge in [-0.25, -0.2) is 9.45 Å². The van der Waals surface area contributed by atoms with Crippen LogP contribution in [-0.4, -0.2) is 40.5 Å². The molecule has 0 aliphatic carbocycles. The lowest BCUT2D eigenvalue weighted by Gasteiger charge is -2.38. The Balaban J connectivity index is 1.41. The van der Waals surface area contributed by atoms with Gasteiger partial charge in [0.15, 0.2) is 0 Å². The fourth-order valence-corrected chi connectivity index (χ4v) is 4.04. The van der Waals surface area contributed by atoms with Gasteiger partial charge < -0.3 is 4.90 Å². The smallest absolute Gasteiger partial charge is 0.258 e. The predicted octanol–water partition coefficient (Wildman–Crippen LogP) is 3.82. The van der Waals surface area contributed by atoms with Crippen LogP contribution in [0.25, 0.3) is 0 Å². The minimum Gasteiger partial charge on any atom is -0.338 e. The molecule has 2 aliphatic heterocycles. The van der Waals surface area contributed by atoms with Crippen molar-refractivity contribution in [2.24, 2.45) is 0 Å². The number of nitrogens with zero attached hydrogens (tertiary/aromatic N) is 2. The van der Waals surface area contributed by atoms with Crippen LogP contribution in [0.15, 0.2) is 48.5 Å². The minimum atomic E-state index is -0.626. The lowest BCUT2D eigenvalue weighted by Crippen LogP contribution is -2.47. The SMILES string of the molecule is O=C(c1c(F)cccc1Cl)N1CCC2(CC1)CC(=O)N(Cc1ccccc1)O2. The lowest BCUT2D eigenvalue weighted by atomic mass is 9.88. The first-order chi connectivity index (χ1) is 13.5. The molecule has 0 aromatic heterocycles. The third-order valence-corrected chi connectivity index (χ3v) is 5.68. The van der Waals surface area contributed by atoms with Gasteiger partial charge in [-0.3, -0.25) is 14.4 Å². The molecular weight excluding hydrogens is 383 g/mol. The van der Waals surface area contributed by atoms with Gasteiger partial charge in [0, 0.05) is 13.1 Å². The largest absolute Gasteiger partial charge is 0.338 e. The van der Waals surface area contributed by atoms with Gasteiger partial charge in [0.05, 0.1) is 23.6 Å². The second-order valence-electron chi connectivity index (χ2n) is 7.26. The van der Waals surface area contributed by atoms with Crippen LogP contribution in [0, 0.1) is 5.82 Å². The van der Waals surface area contributed by atoms with E-state index in [1.54, 1.807) is 4.90 Å². The number of rotatable bonds is 3. The zero-order valence-corrected chi connectivity index (χ0v) is 16.0. The Kier molecular flexibility index (Phi) is 5.08. The second-order valence-corrected chi connectivity index (χ2v) is 7.66. The highest BCUT2D eigenvalue weighted by molar-refractivity contribution is 6.33. The molecule has 2 aromatic carbocycles. The third-order valence-electron chi connectivity index (χ3n) is 5.36. The highest BCUT2D eigenvalue weighted by Crippen LogP contribution is 2.37. The summed E-state index contributed by atoms with van der Waals surface area (Å²) in [5.41, 5.74) is 0.297. The quantitative estimate of drug-likeness (QED) is 0.784. The topological polar surface area (TPSA) is 49.9 Å². The van der Waals surface area contributed by atoms with E-state index in [-0.39, 0.29) is 16.5 Å². The summed E-state index contributed by atoms with van der Waals surface area (Å²) < 4.78 is 14.1. The molecule has 0 bridgehead atoms. The molecule has 7 heteroatoms. The van der Waals surface area contributed by atoms with Crippen LogP contribution in [0.3, 0.4) is 0 Å². The van der Waals surface area contributed by atoms with Gasteiger partial charge in [-0.1, -0.05) is 48.0 Å². The van der Waals surface area contributed by atoms with Gasteiger partial charge in [0.2, 0.25) is 5.91 Å². The van der Waals surface area contributed by atoms with E-state index < -0.39 is 17.3 Å². The van der Waals surface area contributed by atoms with E-state index in [0.717, 1.165) is 5.56 Å². The maximum atomic E-state index is 14.1. The second kappa shape index (κ2) is 7.53. The van der Waals surface area contributed by atoms with Gasteiger partial charge >= 0.3 is 0 Å². The summed E-state index contributed by atoms with van der Waals surface area (Å²) in [5, 5.41) is 1.52. The molecule has 2 aliphatic rings. The Labute approximate surface area is 167 Å². The monoisotopic (exact) mass is 402 g/mol. The van der Waals surface area contributed by atoms with Crippen molar-refractivity contribution in [1.82, 2.24) is 9.96 Å². The van der Waals surface area contributed by atoms with Gasteiger partial charge in [0.1, 0.15) is 11.4 Å². The molecule has 0 N–H and O–H groups in total. The van der Waals surface area contributed by atoms with Crippen LogP contribution < -0.4 is 0 Å². The number of amides is 2. The van der Waals surface area contributed by atoms with Crippen molar-refractivity contribution < 1.29 is 18.8 Å². The van der Waals surface area contributed by atoms with Crippen molar-refractivity contribution in [2.75, 3.05) is 13.1 Å². The van der Waals surface area contributed by atoms with Crippen LogP contribution in [0.1, 0.15) is 35.2 Å². The van der Waals surface area contributed by atoms with Crippen LogP contribution in [0.4, 0.5) is 4.39 Å². The Morgan fingerprint density at radius 2 is 1.82 bits per heavy atom. The minimum absolute atomic E-state index is 0.0548. The highest BCUT2D eigenvalue weighted by Gasteiger charge is 2.47. The molecule has 0 saturated carbocycles. The molecule has 2 amide bonds. The van der Waals surface area contributed by atoms with E-state index >= 15 is 0 Å². The predicted molar refractivity (Wildman–Crippen MR) is 102 cm³/mol. The first-order valence-electron chi connectivity index (χ1n) is 9.24. The summed E-state index contributed by atoms with van der Waals surface area (Å²) >= 11 is 6.02. The standard InChI is InChI=1S/C21H20ClFN2O3/c22-16-7-4-8-17(23)19(16)20(27)24-11-9-21(10-12-24)13-18(26)25(28-21)14-15-5-2-1-3-6-15/h1-8H,9-14H2. The van der Waals surface area contributed by atoms with Gasteiger partial charge in [-0.15, -0.1) is 0 Å². The Morgan fingerprint density at radius 3 is 2.50 bits per heavy atom. The van der Waals surface area contributed by atoms with E-state index in [4.69, 9.17) is 16.4 Å². The van der Waals surface area contributed by atoms with Gasteiger partial charge in [-0.2, -0.15) is 0 Å². The first kappa shape index (κ1) is 18.9. The zero-order valence-electron chi connectivity index (χ0n) is 15.2. The van der Waals surface area contributed by atoms with Crippen LogP contribution in [0.5, 0.6) is 0 Å². The summed E-state index contributed by atoms with van der Waals surface area (Å²) in [6.45, 7) is 1.17. The molecule has 1 spiro atoms. The number of benzene rings is 2. The third kappa shape index (κ3) is 3.62. The number of hydrogen-bond acceptors (Lipinski definition) is 3. The summed E-state index contributed by atoms with van der Waals surface area (Å²) in [6, 6.07) is 13.9. The highest BCUT2D eigenvalue weighted by atomic mass is 35.5. The fourth-order valence-electron chi connectivity index (χ4n) is 3.80. The number of likely N-dealkylation sites (tertiary alicyclic amines) is 1. The van der Waals surface area contributed by atoms with Crippen molar-refractivity contribution in [3.05, 3.63) is 70.5 Å². The van der Waals surface area contributed by atoms with Crippen molar-refractivity contribution in [3.8, 4) is 0 Å². The van der Waals surface area contributed by atoms with Gasteiger partial charge in [-0.05, 0) is 30.5 Å². The molecule has 2 aromatic rings. The maximum absolute atomic E-state index is 14.1. The van der Waals surface area contributed by atoms with E-state index in [2.05, 4.69) is 0 Å². The molecule has 2 heterocycles. The number of hydrogen-bond donors (Lipinski definition) is 0. The van der Waals surface area contributed by atoms with Gasteiger partial charge in [0.25, 0.3) is 5.91 Å². The van der Waals surface area contributed by atoms with Crippen LogP contribution in [-0.2, 0) is 16.2 Å². The number of carbonyl (C=O) groups excluding carboxylic acids is 2. The first-order valence-corrected chi connectivity index (χ1v) is 9.62. The Hall–Kier alpha value is -2.44. The van der Waals surface area contributed by atoms with Crippen LogP contribution in [0.2, 0.25) is 5.02 Å². The molecule has 0 unspecified atom stereocenters. The summed E-state index contributed by atoms with van der Waals surface area (Å²) in [4.78, 5) is 32.7. The fraction of sp³-hybridized carbons (Fsp3) is 0.333. The zero-order chi connectivity index (χ0) is 19.7. The van der Waals surface area contributed by atoms with E-state index in [1.165, 1.54) is 23.3 Å². The van der Waals surface area contributed by atoms with Crippen molar-refractivity contribution in [3.63, 3.8) is 0 Å². The molecule has 4 rings (SSSR count). The normalized spacial score (nSPS) is 18.7. The maximum Gasteiger partial charge on any atom is 0.258 e. The van der Waals surface area contributed by atoms with Crippen molar-refractivity contribution in [1.29, 1.82) is 0 Å². The molecule has 146 valence electrons. The number of halogens is 2. The Morgan fingerprint density at radius 1 is 1.11 bits per heavy atom. The van der Waals surface area contributed by atoms with Crippen molar-refractivity contribution >= 4 is 23.4 Å². The van der Waals surface area contributed by atoms with E-state index in [0.29, 0.717) is 38.9 Å². The Bertz CT molecular complexity index is 878. The molecule has 2 saturated heterocycles. The molecular formula is C21H20ClFN2O3. The number of piperidine rings is 1. The van der Waals surface area contributed by atoms with Crippen LogP contribution >= 0.6 is 11.6 Å². The van der Waals surface area contributed by atoms with E-state index in [1.807, 2.05) is 30.3 Å². The summed E-state index contributed by atoms with van der Waals surface area (Å²) in [6.07, 6.45) is 1.33. The molecule has 28 heavy (non-hydrogen) atoms. The lowest BCUT2D eigenvalue weighted by molar-refractivity contribution is -0.213. The van der Waals surface area contributed by atoms with Crippen molar-refractivity contribution in [2.45, 2.75) is 31.4 Å². The molecule has 0 radical (unpaired) electrons. The average molecular weight is 403 g/mol. The number of hydroxylamine groups is 2.